The molecule has 49 heavy (non-hydrogen) atoms. The Bertz CT molecular complexity index is 2130. The summed E-state index contributed by atoms with van der Waals surface area (Å²) in [6.07, 6.45) is 2.42. The zero-order valence-electron chi connectivity index (χ0n) is 26.8. The number of benzene rings is 4. The van der Waals surface area contributed by atoms with E-state index < -0.39 is 46.8 Å². The van der Waals surface area contributed by atoms with Gasteiger partial charge in [-0.05, 0) is 79.6 Å². The van der Waals surface area contributed by atoms with Crippen LogP contribution < -0.4 is 9.80 Å². The number of amides is 4. The predicted molar refractivity (Wildman–Crippen MR) is 188 cm³/mol. The van der Waals surface area contributed by atoms with Crippen molar-refractivity contribution in [1.29, 1.82) is 0 Å². The van der Waals surface area contributed by atoms with Crippen LogP contribution in [0.4, 0.5) is 11.4 Å². The zero-order chi connectivity index (χ0) is 34.4. The summed E-state index contributed by atoms with van der Waals surface area (Å²) in [6.45, 7) is 3.64. The average Bonchev–Trinajstić information content (AvgIpc) is 3.48. The van der Waals surface area contributed by atoms with Crippen molar-refractivity contribution in [2.24, 2.45) is 23.7 Å². The minimum absolute atomic E-state index is 0.0245. The summed E-state index contributed by atoms with van der Waals surface area (Å²) in [5.74, 6) is -5.17. The summed E-state index contributed by atoms with van der Waals surface area (Å²) < 4.78 is 0. The van der Waals surface area contributed by atoms with Gasteiger partial charge in [-0.25, -0.2) is 9.80 Å². The molecule has 0 bridgehead atoms. The first-order valence-electron chi connectivity index (χ1n) is 16.4. The molecule has 4 aliphatic rings. The monoisotopic (exact) mass is 690 g/mol. The van der Waals surface area contributed by atoms with Crippen molar-refractivity contribution in [2.45, 2.75) is 38.0 Å². The maximum Gasteiger partial charge on any atom is 0.246 e. The number of allylic oxidation sites excluding steroid dienone is 2. The Morgan fingerprint density at radius 2 is 1.47 bits per heavy atom. The van der Waals surface area contributed by atoms with E-state index >= 15 is 4.79 Å². The van der Waals surface area contributed by atoms with Crippen LogP contribution in [0.2, 0.25) is 10.0 Å². The highest BCUT2D eigenvalue weighted by Crippen LogP contribution is 2.65. The van der Waals surface area contributed by atoms with Gasteiger partial charge in [0, 0.05) is 21.5 Å². The van der Waals surface area contributed by atoms with Gasteiger partial charge in [0.15, 0.2) is 0 Å². The third-order valence-electron chi connectivity index (χ3n) is 11.2. The molecule has 0 radical (unpaired) electrons. The number of hydrogen-bond donors (Lipinski definition) is 1. The molecule has 6 unspecified atom stereocenters. The number of halogens is 2. The molecular formula is C40H32Cl2N2O5. The Labute approximate surface area is 293 Å². The average molecular weight is 692 g/mol. The van der Waals surface area contributed by atoms with Crippen LogP contribution in [0.25, 0.3) is 0 Å². The van der Waals surface area contributed by atoms with E-state index in [4.69, 9.17) is 23.2 Å². The van der Waals surface area contributed by atoms with Crippen LogP contribution in [-0.2, 0) is 24.6 Å². The van der Waals surface area contributed by atoms with Gasteiger partial charge in [0.1, 0.15) is 5.75 Å². The van der Waals surface area contributed by atoms with Crippen LogP contribution in [0.1, 0.15) is 41.0 Å². The molecule has 4 aromatic rings. The first kappa shape index (κ1) is 31.5. The van der Waals surface area contributed by atoms with Gasteiger partial charge < -0.3 is 5.11 Å². The second kappa shape index (κ2) is 11.4. The van der Waals surface area contributed by atoms with Gasteiger partial charge in [-0.3, -0.25) is 19.2 Å². The summed E-state index contributed by atoms with van der Waals surface area (Å²) in [6, 6.07) is 26.5. The molecule has 6 atom stereocenters. The summed E-state index contributed by atoms with van der Waals surface area (Å²) >= 11 is 12.8. The van der Waals surface area contributed by atoms with Crippen molar-refractivity contribution in [2.75, 3.05) is 9.80 Å². The largest absolute Gasteiger partial charge is 0.507 e. The van der Waals surface area contributed by atoms with E-state index in [2.05, 4.69) is 0 Å². The third kappa shape index (κ3) is 4.41. The fraction of sp³-hybridized carbons (Fsp3) is 0.250. The van der Waals surface area contributed by atoms with E-state index in [0.717, 1.165) is 11.1 Å². The SMILES string of the molecule is Cc1ccc(N2C(=O)C3CC=C4C(CC5C(=O)N(c6cccc(Cl)c6)C(=O)C5(c5ccccc5)C4c4cccc(C)c4O)C3C2=O)cc1Cl. The van der Waals surface area contributed by atoms with Gasteiger partial charge >= 0.3 is 0 Å². The predicted octanol–water partition coefficient (Wildman–Crippen LogP) is 7.68. The van der Waals surface area contributed by atoms with Crippen molar-refractivity contribution >= 4 is 58.2 Å². The second-order valence-electron chi connectivity index (χ2n) is 13.6. The molecule has 8 rings (SSSR count). The van der Waals surface area contributed by atoms with Crippen molar-refractivity contribution in [3.8, 4) is 5.75 Å². The second-order valence-corrected chi connectivity index (χ2v) is 14.4. The fourth-order valence-corrected chi connectivity index (χ4v) is 9.34. The lowest BCUT2D eigenvalue weighted by Crippen LogP contribution is -2.53. The molecule has 9 heteroatoms. The number of aryl methyl sites for hydroxylation is 2. The topological polar surface area (TPSA) is 95.0 Å². The number of phenolic OH excluding ortho intramolecular Hbond substituents is 1. The van der Waals surface area contributed by atoms with E-state index in [0.29, 0.717) is 38.1 Å². The van der Waals surface area contributed by atoms with Gasteiger partial charge in [0.05, 0.1) is 34.5 Å². The quantitative estimate of drug-likeness (QED) is 0.175. The number of nitrogens with zero attached hydrogens (tertiary/aromatic N) is 2. The zero-order valence-corrected chi connectivity index (χ0v) is 28.3. The first-order valence-corrected chi connectivity index (χ1v) is 17.1. The lowest BCUT2D eigenvalue weighted by atomic mass is 9.49. The van der Waals surface area contributed by atoms with E-state index in [1.165, 1.54) is 9.80 Å². The molecule has 4 amide bonds. The Morgan fingerprint density at radius 1 is 0.735 bits per heavy atom. The van der Waals surface area contributed by atoms with Gasteiger partial charge in [-0.15, -0.1) is 0 Å². The van der Waals surface area contributed by atoms with E-state index in [-0.39, 0.29) is 30.4 Å². The van der Waals surface area contributed by atoms with E-state index in [1.807, 2.05) is 49.4 Å². The number of carbonyl (C=O) groups is 4. The molecule has 4 aromatic carbocycles. The molecule has 0 aromatic heterocycles. The maximum absolute atomic E-state index is 15.3. The smallest absolute Gasteiger partial charge is 0.246 e. The number of rotatable bonds is 4. The van der Waals surface area contributed by atoms with Crippen LogP contribution in [0.5, 0.6) is 5.75 Å². The summed E-state index contributed by atoms with van der Waals surface area (Å²) in [4.78, 5) is 61.1. The highest BCUT2D eigenvalue weighted by Gasteiger charge is 2.70. The molecule has 2 aliphatic heterocycles. The Kier molecular flexibility index (Phi) is 7.36. The van der Waals surface area contributed by atoms with Crippen LogP contribution in [-0.4, -0.2) is 28.7 Å². The molecular weight excluding hydrogens is 659 g/mol. The fourth-order valence-electron chi connectivity index (χ4n) is 8.98. The van der Waals surface area contributed by atoms with Gasteiger partial charge in [-0.2, -0.15) is 0 Å². The van der Waals surface area contributed by atoms with Crippen LogP contribution in [0, 0.1) is 37.5 Å². The summed E-state index contributed by atoms with van der Waals surface area (Å²) in [5, 5.41) is 12.5. The van der Waals surface area contributed by atoms with E-state index in [9.17, 15) is 19.5 Å². The Hall–Kier alpha value is -4.72. The Morgan fingerprint density at radius 3 is 2.20 bits per heavy atom. The van der Waals surface area contributed by atoms with Crippen LogP contribution >= 0.6 is 23.2 Å². The highest BCUT2D eigenvalue weighted by atomic mass is 35.5. The third-order valence-corrected chi connectivity index (χ3v) is 11.8. The van der Waals surface area contributed by atoms with Crippen molar-refractivity contribution in [3.05, 3.63) is 135 Å². The number of anilines is 2. The number of para-hydroxylation sites is 1. The molecule has 1 saturated carbocycles. The lowest BCUT2D eigenvalue weighted by molar-refractivity contribution is -0.127. The number of carbonyl (C=O) groups excluding carboxylic acids is 4. The number of phenols is 1. The van der Waals surface area contributed by atoms with Crippen molar-refractivity contribution in [1.82, 2.24) is 0 Å². The highest BCUT2D eigenvalue weighted by molar-refractivity contribution is 6.33. The molecule has 2 heterocycles. The lowest BCUT2D eigenvalue weighted by Gasteiger charge is -2.50. The molecule has 1 N–H and O–H groups in total. The van der Waals surface area contributed by atoms with Gasteiger partial charge in [-0.1, -0.05) is 95.5 Å². The van der Waals surface area contributed by atoms with Crippen molar-refractivity contribution in [3.63, 3.8) is 0 Å². The first-order chi connectivity index (χ1) is 23.5. The van der Waals surface area contributed by atoms with E-state index in [1.54, 1.807) is 61.5 Å². The normalized spacial score (nSPS) is 27.6. The van der Waals surface area contributed by atoms with Crippen LogP contribution in [0.3, 0.4) is 0 Å². The number of hydrogen-bond acceptors (Lipinski definition) is 5. The van der Waals surface area contributed by atoms with Crippen molar-refractivity contribution < 1.29 is 24.3 Å². The minimum atomic E-state index is -1.46. The maximum atomic E-state index is 15.3. The summed E-state index contributed by atoms with van der Waals surface area (Å²) in [7, 11) is 0. The molecule has 246 valence electrons. The Balaban J connectivity index is 1.36. The number of imide groups is 2. The molecule has 7 nitrogen and oxygen atoms in total. The van der Waals surface area contributed by atoms with Gasteiger partial charge in [0.25, 0.3) is 0 Å². The molecule has 0 spiro atoms. The summed E-state index contributed by atoms with van der Waals surface area (Å²) in [5.41, 5.74) is 2.65. The number of aromatic hydroxyl groups is 1. The molecule has 2 saturated heterocycles. The molecule has 3 fully saturated rings. The van der Waals surface area contributed by atoms with Gasteiger partial charge in [0.2, 0.25) is 23.6 Å². The standard InChI is InChI=1S/C40H32Cl2N2O5/c1-21-14-15-26(19-32(21)42)43-36(46)28-17-16-27-30(33(28)38(43)48)20-31-37(47)44(25-12-7-11-24(41)18-25)39(49)40(31,23-9-4-3-5-10-23)34(27)29-13-6-8-22(2)35(29)45/h3-16,18-19,28,30-31,33-34,45H,17,20H2,1-2H3. The van der Waals surface area contributed by atoms with Crippen LogP contribution in [0.15, 0.2) is 103 Å². The molecule has 2 aliphatic carbocycles. The minimum Gasteiger partial charge on any atom is -0.507 e. The number of fused-ring (bicyclic) bond motifs is 4.